The van der Waals surface area contributed by atoms with Gasteiger partial charge in [0.25, 0.3) is 0 Å². The van der Waals surface area contributed by atoms with E-state index in [1.54, 1.807) is 12.3 Å². The number of hydrogen-bond donors (Lipinski definition) is 1. The van der Waals surface area contributed by atoms with E-state index < -0.39 is 17.5 Å². The van der Waals surface area contributed by atoms with Gasteiger partial charge in [-0.25, -0.2) is 4.39 Å². The zero-order valence-corrected chi connectivity index (χ0v) is 34.0. The molecule has 1 aromatic heterocycles. The molecule has 0 amide bonds. The van der Waals surface area contributed by atoms with Gasteiger partial charge in [0.1, 0.15) is 17.5 Å². The maximum absolute atomic E-state index is 17.7. The first-order valence-electron chi connectivity index (χ1n) is 20.6. The fourth-order valence-corrected chi connectivity index (χ4v) is 8.71. The van der Waals surface area contributed by atoms with E-state index in [9.17, 15) is 0 Å². The Balaban J connectivity index is 1.38. The van der Waals surface area contributed by atoms with Gasteiger partial charge in [-0.1, -0.05) is 140 Å². The molecule has 0 bridgehead atoms. The third-order valence-corrected chi connectivity index (χ3v) is 11.2. The minimum absolute atomic E-state index is 0.135. The van der Waals surface area contributed by atoms with Gasteiger partial charge in [0.05, 0.1) is 18.4 Å². The molecular weight excluding hydrogens is 744 g/mol. The van der Waals surface area contributed by atoms with Crippen LogP contribution in [0.15, 0.2) is 188 Å². The lowest BCUT2D eigenvalue weighted by atomic mass is 9.76. The Morgan fingerprint density at radius 2 is 1.33 bits per heavy atom. The number of halogens is 1. The molecule has 9 rings (SSSR count). The number of nitrogens with one attached hydrogen (secondary N) is 1. The van der Waals surface area contributed by atoms with Crippen LogP contribution in [0.1, 0.15) is 54.8 Å². The second-order valence-electron chi connectivity index (χ2n) is 15.3. The molecule has 7 aromatic carbocycles. The first-order chi connectivity index (χ1) is 29.4. The van der Waals surface area contributed by atoms with Crippen molar-refractivity contribution in [3.05, 3.63) is 222 Å². The summed E-state index contributed by atoms with van der Waals surface area (Å²) in [6.45, 7) is 6.59. The Kier molecular flexibility index (Phi) is 10.7. The number of fused-ring (bicyclic) bond motifs is 2. The average Bonchev–Trinajstić information content (AvgIpc) is 3.68. The monoisotopic (exact) mass is 790 g/mol. The number of aromatic nitrogens is 1. The van der Waals surface area contributed by atoms with Crippen LogP contribution in [-0.4, -0.2) is 22.7 Å². The van der Waals surface area contributed by atoms with Gasteiger partial charge in [-0.2, -0.15) is 5.01 Å². The summed E-state index contributed by atoms with van der Waals surface area (Å²) >= 11 is 0. The maximum atomic E-state index is 17.7. The number of ether oxygens (including phenoxy) is 2. The largest absolute Gasteiger partial charge is 0.494 e. The van der Waals surface area contributed by atoms with Gasteiger partial charge in [-0.15, -0.1) is 0 Å². The van der Waals surface area contributed by atoms with Crippen molar-refractivity contribution in [2.45, 2.75) is 45.1 Å². The number of benzene rings is 7. The summed E-state index contributed by atoms with van der Waals surface area (Å²) < 4.78 is 30.1. The molecule has 0 aliphatic carbocycles. The second-order valence-corrected chi connectivity index (χ2v) is 15.3. The van der Waals surface area contributed by atoms with Crippen molar-refractivity contribution in [2.75, 3.05) is 16.9 Å². The van der Waals surface area contributed by atoms with Crippen LogP contribution in [-0.2, 0) is 12.1 Å². The molecule has 0 spiro atoms. The molecule has 1 N–H and O–H groups in total. The second kappa shape index (κ2) is 16.7. The quantitative estimate of drug-likeness (QED) is 0.117. The molecule has 298 valence electrons. The predicted molar refractivity (Wildman–Crippen MR) is 241 cm³/mol. The molecule has 1 aliphatic heterocycles. The first-order valence-corrected chi connectivity index (χ1v) is 20.6. The lowest BCUT2D eigenvalue weighted by molar-refractivity contribution is 0.164. The fraction of sp³-hybridized carbons (Fsp3) is 0.151. The zero-order chi connectivity index (χ0) is 41.1. The minimum Gasteiger partial charge on any atom is -0.494 e. The highest BCUT2D eigenvalue weighted by Gasteiger charge is 2.51. The lowest BCUT2D eigenvalue weighted by Gasteiger charge is -2.51. The maximum Gasteiger partial charge on any atom is 0.172 e. The SMILES string of the molecule is CCOc1cc(OC(C)C)c(F)c(C(Nc2ccc3cnccc3c2)N2Cc3c(-c4ccccc4)cccc3N2C(c2ccccc2)(c2ccccc2)c2ccccc2)c1. The van der Waals surface area contributed by atoms with Crippen molar-refractivity contribution >= 4 is 22.1 Å². The number of anilines is 2. The average molecular weight is 791 g/mol. The van der Waals surface area contributed by atoms with Crippen LogP contribution in [0.3, 0.4) is 0 Å². The lowest BCUT2D eigenvalue weighted by Crippen LogP contribution is -2.56. The van der Waals surface area contributed by atoms with E-state index in [0.717, 1.165) is 55.5 Å². The number of pyridine rings is 1. The predicted octanol–water partition coefficient (Wildman–Crippen LogP) is 12.6. The first kappa shape index (κ1) is 38.6. The van der Waals surface area contributed by atoms with E-state index in [4.69, 9.17) is 9.47 Å². The van der Waals surface area contributed by atoms with Crippen LogP contribution < -0.4 is 19.8 Å². The van der Waals surface area contributed by atoms with E-state index in [1.807, 2.05) is 57.3 Å². The summed E-state index contributed by atoms with van der Waals surface area (Å²) in [6, 6.07) is 60.6. The molecule has 2 heterocycles. The Morgan fingerprint density at radius 1 is 0.700 bits per heavy atom. The van der Waals surface area contributed by atoms with Gasteiger partial charge in [0.15, 0.2) is 11.6 Å². The van der Waals surface area contributed by atoms with Crippen molar-refractivity contribution in [3.63, 3.8) is 0 Å². The highest BCUT2D eigenvalue weighted by molar-refractivity contribution is 5.85. The smallest absolute Gasteiger partial charge is 0.172 e. The van der Waals surface area contributed by atoms with Crippen molar-refractivity contribution in [1.29, 1.82) is 0 Å². The van der Waals surface area contributed by atoms with Crippen molar-refractivity contribution in [2.24, 2.45) is 0 Å². The van der Waals surface area contributed by atoms with Crippen molar-refractivity contribution in [3.8, 4) is 22.6 Å². The third-order valence-electron chi connectivity index (χ3n) is 11.2. The van der Waals surface area contributed by atoms with E-state index in [0.29, 0.717) is 24.5 Å². The van der Waals surface area contributed by atoms with Gasteiger partial charge in [-0.05, 0) is 84.3 Å². The van der Waals surface area contributed by atoms with Crippen LogP contribution >= 0.6 is 0 Å². The van der Waals surface area contributed by atoms with Crippen LogP contribution in [0.2, 0.25) is 0 Å². The standard InChI is InChI=1S/C53H47FN4O2/c1-4-59-45-33-47(51(54)50(34-45)60-37(2)3)52(56-44-29-28-40-35-55-31-30-39(40)32-44)57-36-48-46(38-18-9-5-10-19-38)26-17-27-49(48)58(57)53(41-20-11-6-12-21-41,42-22-13-7-14-23-42)43-24-15-8-16-25-43/h5-35,37,52,56H,4,36H2,1-3H3. The van der Waals surface area contributed by atoms with E-state index >= 15 is 4.39 Å². The van der Waals surface area contributed by atoms with Crippen molar-refractivity contribution < 1.29 is 13.9 Å². The van der Waals surface area contributed by atoms with E-state index in [-0.39, 0.29) is 11.9 Å². The molecule has 0 saturated carbocycles. The van der Waals surface area contributed by atoms with Crippen LogP contribution in [0.25, 0.3) is 21.9 Å². The Morgan fingerprint density at radius 3 is 1.95 bits per heavy atom. The van der Waals surface area contributed by atoms with Crippen LogP contribution in [0, 0.1) is 5.82 Å². The zero-order valence-electron chi connectivity index (χ0n) is 34.0. The normalized spacial score (nSPS) is 13.3. The molecule has 8 aromatic rings. The summed E-state index contributed by atoms with van der Waals surface area (Å²) in [5.74, 6) is 0.198. The molecular formula is C53H47FN4O2. The highest BCUT2D eigenvalue weighted by atomic mass is 19.1. The number of hydrazine groups is 1. The molecule has 0 fully saturated rings. The van der Waals surface area contributed by atoms with E-state index in [2.05, 4.69) is 160 Å². The molecule has 1 aliphatic rings. The van der Waals surface area contributed by atoms with Crippen LogP contribution in [0.4, 0.5) is 15.8 Å². The summed E-state index contributed by atoms with van der Waals surface area (Å²) in [5.41, 5.74) is 7.73. The number of rotatable bonds is 13. The molecule has 0 radical (unpaired) electrons. The Bertz CT molecular complexity index is 2620. The van der Waals surface area contributed by atoms with Crippen LogP contribution in [0.5, 0.6) is 11.5 Å². The molecule has 1 unspecified atom stereocenters. The Hall–Kier alpha value is -6.96. The molecule has 7 heteroatoms. The fourth-order valence-electron chi connectivity index (χ4n) is 8.71. The van der Waals surface area contributed by atoms with Gasteiger partial charge < -0.3 is 14.8 Å². The summed E-state index contributed by atoms with van der Waals surface area (Å²) in [4.78, 5) is 4.35. The summed E-state index contributed by atoms with van der Waals surface area (Å²) in [7, 11) is 0. The van der Waals surface area contributed by atoms with Gasteiger partial charge >= 0.3 is 0 Å². The van der Waals surface area contributed by atoms with Gasteiger partial charge in [-0.3, -0.25) is 9.99 Å². The number of hydrogen-bond acceptors (Lipinski definition) is 6. The molecule has 0 saturated heterocycles. The highest BCUT2D eigenvalue weighted by Crippen LogP contribution is 2.53. The third kappa shape index (κ3) is 7.11. The topological polar surface area (TPSA) is 49.9 Å². The van der Waals surface area contributed by atoms with Gasteiger partial charge in [0.2, 0.25) is 0 Å². The van der Waals surface area contributed by atoms with Gasteiger partial charge in [0, 0.05) is 47.2 Å². The van der Waals surface area contributed by atoms with Crippen molar-refractivity contribution in [1.82, 2.24) is 9.99 Å². The Labute approximate surface area is 351 Å². The summed E-state index contributed by atoms with van der Waals surface area (Å²) in [6.07, 6.45) is 2.58. The number of nitrogens with zero attached hydrogens (tertiary/aromatic N) is 3. The molecule has 6 nitrogen and oxygen atoms in total. The molecule has 1 atom stereocenters. The molecule has 60 heavy (non-hydrogen) atoms. The van der Waals surface area contributed by atoms with E-state index in [1.165, 1.54) is 0 Å². The minimum atomic E-state index is -0.954. The summed E-state index contributed by atoms with van der Waals surface area (Å²) in [5, 5.41) is 10.6.